The van der Waals surface area contributed by atoms with Crippen LogP contribution in [-0.4, -0.2) is 29.9 Å². The van der Waals surface area contributed by atoms with Gasteiger partial charge in [0.2, 0.25) is 5.91 Å². The first-order valence-corrected chi connectivity index (χ1v) is 10.3. The summed E-state index contributed by atoms with van der Waals surface area (Å²) in [6.07, 6.45) is 7.13. The molecule has 3 nitrogen and oxygen atoms in total. The Kier molecular flexibility index (Phi) is 5.26. The van der Waals surface area contributed by atoms with Crippen LogP contribution in [0.3, 0.4) is 0 Å². The number of hydrogen-bond donors (Lipinski definition) is 1. The van der Waals surface area contributed by atoms with Crippen LogP contribution in [0.4, 0.5) is 0 Å². The van der Waals surface area contributed by atoms with Gasteiger partial charge >= 0.3 is 0 Å². The quantitative estimate of drug-likeness (QED) is 0.832. The van der Waals surface area contributed by atoms with Crippen LogP contribution < -0.4 is 5.32 Å². The molecule has 2 bridgehead atoms. The highest BCUT2D eigenvalue weighted by atomic mass is 35.5. The van der Waals surface area contributed by atoms with Crippen molar-refractivity contribution in [3.63, 3.8) is 0 Å². The molecular formula is C20H26Cl2N2O. The van der Waals surface area contributed by atoms with Gasteiger partial charge in [0.15, 0.2) is 0 Å². The number of amides is 1. The zero-order valence-corrected chi connectivity index (χ0v) is 16.0. The highest BCUT2D eigenvalue weighted by molar-refractivity contribution is 6.35. The third-order valence-corrected chi connectivity index (χ3v) is 7.02. The van der Waals surface area contributed by atoms with Crippen LogP contribution in [0.5, 0.6) is 0 Å². The molecule has 0 spiro atoms. The number of nitrogens with zero attached hydrogens (tertiary/aromatic N) is 1. The number of hydrogen-bond acceptors (Lipinski definition) is 2. The molecule has 5 heteroatoms. The predicted molar refractivity (Wildman–Crippen MR) is 102 cm³/mol. The maximum atomic E-state index is 12.6. The lowest BCUT2D eigenvalue weighted by Crippen LogP contribution is -2.45. The molecule has 1 heterocycles. The monoisotopic (exact) mass is 380 g/mol. The van der Waals surface area contributed by atoms with Gasteiger partial charge in [0.05, 0.1) is 0 Å². The first-order chi connectivity index (χ1) is 12.1. The minimum absolute atomic E-state index is 0.177. The molecule has 1 saturated heterocycles. The Morgan fingerprint density at radius 2 is 1.92 bits per heavy atom. The molecule has 3 unspecified atom stereocenters. The Hall–Kier alpha value is -0.770. The average molecular weight is 381 g/mol. The van der Waals surface area contributed by atoms with Crippen molar-refractivity contribution in [3.8, 4) is 0 Å². The zero-order chi connectivity index (χ0) is 17.4. The number of carbonyl (C=O) groups excluding carboxylic acids is 1. The first-order valence-electron chi connectivity index (χ1n) is 9.55. The minimum atomic E-state index is 0.177. The van der Waals surface area contributed by atoms with Crippen molar-refractivity contribution in [1.29, 1.82) is 0 Å². The van der Waals surface area contributed by atoms with Gasteiger partial charge in [-0.2, -0.15) is 0 Å². The number of rotatable bonds is 4. The molecule has 4 rings (SSSR count). The van der Waals surface area contributed by atoms with Crippen molar-refractivity contribution in [2.75, 3.05) is 13.1 Å². The number of benzene rings is 1. The van der Waals surface area contributed by atoms with Crippen LogP contribution in [0.25, 0.3) is 0 Å². The molecule has 0 aromatic heterocycles. The zero-order valence-electron chi connectivity index (χ0n) is 14.5. The van der Waals surface area contributed by atoms with Gasteiger partial charge in [-0.15, -0.1) is 0 Å². The Bertz CT molecular complexity index is 643. The lowest BCUT2D eigenvalue weighted by atomic mass is 9.92. The minimum Gasteiger partial charge on any atom is -0.353 e. The highest BCUT2D eigenvalue weighted by Gasteiger charge is 2.40. The van der Waals surface area contributed by atoms with Crippen LogP contribution in [-0.2, 0) is 11.3 Å². The Labute approximate surface area is 160 Å². The fraction of sp³-hybridized carbons (Fsp3) is 0.650. The van der Waals surface area contributed by atoms with E-state index >= 15 is 0 Å². The molecule has 1 amide bonds. The van der Waals surface area contributed by atoms with Gasteiger partial charge in [-0.1, -0.05) is 35.7 Å². The van der Waals surface area contributed by atoms with Crippen LogP contribution in [0.1, 0.15) is 44.1 Å². The number of carbonyl (C=O) groups is 1. The number of fused-ring (bicyclic) bond motifs is 2. The second kappa shape index (κ2) is 7.46. The van der Waals surface area contributed by atoms with E-state index in [0.29, 0.717) is 17.0 Å². The highest BCUT2D eigenvalue weighted by Crippen LogP contribution is 2.44. The van der Waals surface area contributed by atoms with Crippen molar-refractivity contribution >= 4 is 29.1 Å². The van der Waals surface area contributed by atoms with Crippen LogP contribution >= 0.6 is 23.2 Å². The number of piperidine rings is 1. The molecule has 136 valence electrons. The number of halogens is 2. The van der Waals surface area contributed by atoms with Gasteiger partial charge < -0.3 is 5.32 Å². The lowest BCUT2D eigenvalue weighted by molar-refractivity contribution is -0.127. The molecule has 1 aromatic carbocycles. The second-order valence-corrected chi connectivity index (χ2v) is 8.92. The van der Waals surface area contributed by atoms with E-state index in [1.807, 2.05) is 12.1 Å². The van der Waals surface area contributed by atoms with Crippen molar-refractivity contribution < 1.29 is 4.79 Å². The summed E-state index contributed by atoms with van der Waals surface area (Å²) in [4.78, 5) is 15.0. The fourth-order valence-electron chi connectivity index (χ4n) is 4.97. The standard InChI is InChI=1S/C20H26Cl2N2O/c21-17-4-3-16(18(22)11-17)12-24-7-5-14(6-8-24)20(25)23-19-10-13-1-2-15(19)9-13/h3-4,11,13-15,19H,1-2,5-10,12H2,(H,23,25). The first kappa shape index (κ1) is 17.6. The topological polar surface area (TPSA) is 32.3 Å². The molecule has 1 aliphatic heterocycles. The SMILES string of the molecule is O=C(NC1CC2CCC1C2)C1CCN(Cc2ccc(Cl)cc2Cl)CC1. The van der Waals surface area contributed by atoms with E-state index in [-0.39, 0.29) is 5.92 Å². The van der Waals surface area contributed by atoms with E-state index in [0.717, 1.165) is 54.9 Å². The Morgan fingerprint density at radius 3 is 2.56 bits per heavy atom. The maximum Gasteiger partial charge on any atom is 0.223 e. The van der Waals surface area contributed by atoms with E-state index in [1.54, 1.807) is 6.07 Å². The second-order valence-electron chi connectivity index (χ2n) is 8.08. The Balaban J connectivity index is 1.26. The summed E-state index contributed by atoms with van der Waals surface area (Å²) >= 11 is 12.2. The third kappa shape index (κ3) is 3.99. The third-order valence-electron chi connectivity index (χ3n) is 6.43. The van der Waals surface area contributed by atoms with Crippen LogP contribution in [0, 0.1) is 17.8 Å². The maximum absolute atomic E-state index is 12.6. The molecule has 3 fully saturated rings. The van der Waals surface area contributed by atoms with Gasteiger partial charge in [-0.25, -0.2) is 0 Å². The van der Waals surface area contributed by atoms with Gasteiger partial charge in [0.25, 0.3) is 0 Å². The van der Waals surface area contributed by atoms with Crippen molar-refractivity contribution in [2.24, 2.45) is 17.8 Å². The summed E-state index contributed by atoms with van der Waals surface area (Å²) in [7, 11) is 0. The Morgan fingerprint density at radius 1 is 1.12 bits per heavy atom. The number of likely N-dealkylation sites (tertiary alicyclic amines) is 1. The molecule has 3 aliphatic rings. The summed E-state index contributed by atoms with van der Waals surface area (Å²) < 4.78 is 0. The molecule has 2 aliphatic carbocycles. The molecular weight excluding hydrogens is 355 g/mol. The smallest absolute Gasteiger partial charge is 0.223 e. The lowest BCUT2D eigenvalue weighted by Gasteiger charge is -2.33. The van der Waals surface area contributed by atoms with Crippen molar-refractivity contribution in [1.82, 2.24) is 10.2 Å². The van der Waals surface area contributed by atoms with E-state index in [4.69, 9.17) is 23.2 Å². The van der Waals surface area contributed by atoms with Gasteiger partial charge in [0, 0.05) is 28.5 Å². The van der Waals surface area contributed by atoms with E-state index in [1.165, 1.54) is 25.7 Å². The average Bonchev–Trinajstić information content (AvgIpc) is 3.21. The van der Waals surface area contributed by atoms with Gasteiger partial charge in [-0.05, 0) is 74.7 Å². The molecule has 1 N–H and O–H groups in total. The van der Waals surface area contributed by atoms with Crippen LogP contribution in [0.15, 0.2) is 18.2 Å². The van der Waals surface area contributed by atoms with Crippen molar-refractivity contribution in [3.05, 3.63) is 33.8 Å². The molecule has 2 saturated carbocycles. The van der Waals surface area contributed by atoms with E-state index < -0.39 is 0 Å². The van der Waals surface area contributed by atoms with E-state index in [9.17, 15) is 4.79 Å². The summed E-state index contributed by atoms with van der Waals surface area (Å²) in [5.74, 6) is 2.10. The normalized spacial score (nSPS) is 29.9. The summed E-state index contributed by atoms with van der Waals surface area (Å²) in [5.41, 5.74) is 1.11. The molecule has 1 aromatic rings. The molecule has 25 heavy (non-hydrogen) atoms. The van der Waals surface area contributed by atoms with Gasteiger partial charge in [-0.3, -0.25) is 9.69 Å². The largest absolute Gasteiger partial charge is 0.353 e. The predicted octanol–water partition coefficient (Wildman–Crippen LogP) is 4.51. The molecule has 0 radical (unpaired) electrons. The van der Waals surface area contributed by atoms with E-state index in [2.05, 4.69) is 10.2 Å². The van der Waals surface area contributed by atoms with Gasteiger partial charge in [0.1, 0.15) is 0 Å². The number of nitrogens with one attached hydrogen (secondary N) is 1. The fourth-order valence-corrected chi connectivity index (χ4v) is 5.43. The van der Waals surface area contributed by atoms with Crippen LogP contribution in [0.2, 0.25) is 10.0 Å². The summed E-state index contributed by atoms with van der Waals surface area (Å²) in [6, 6.07) is 6.14. The molecule has 3 atom stereocenters. The summed E-state index contributed by atoms with van der Waals surface area (Å²) in [5, 5.41) is 4.76. The summed E-state index contributed by atoms with van der Waals surface area (Å²) in [6.45, 7) is 2.73. The van der Waals surface area contributed by atoms with Crippen molar-refractivity contribution in [2.45, 2.75) is 51.1 Å².